The second-order valence-electron chi connectivity index (χ2n) is 6.62. The average molecular weight is 394 g/mol. The van der Waals surface area contributed by atoms with E-state index in [1.165, 1.54) is 0 Å². The minimum absolute atomic E-state index is 0.0650. The maximum absolute atomic E-state index is 12.4. The molecule has 2 aromatic carbocycles. The number of hydrogen-bond donors (Lipinski definition) is 1. The van der Waals surface area contributed by atoms with Crippen molar-refractivity contribution in [2.75, 3.05) is 13.7 Å². The molecule has 0 saturated carbocycles. The van der Waals surface area contributed by atoms with Crippen molar-refractivity contribution in [1.82, 2.24) is 10.3 Å². The highest BCUT2D eigenvalue weighted by molar-refractivity contribution is 5.76. The maximum atomic E-state index is 12.4. The van der Waals surface area contributed by atoms with Gasteiger partial charge in [0.25, 0.3) is 0 Å². The van der Waals surface area contributed by atoms with E-state index in [1.807, 2.05) is 62.4 Å². The summed E-state index contributed by atoms with van der Waals surface area (Å²) in [6.45, 7) is 4.42. The molecule has 0 radical (unpaired) electrons. The Hall–Kier alpha value is -3.28. The summed E-state index contributed by atoms with van der Waals surface area (Å²) in [4.78, 5) is 16.6. The van der Waals surface area contributed by atoms with Crippen molar-refractivity contribution in [2.45, 2.75) is 32.7 Å². The quantitative estimate of drug-likeness (QED) is 0.576. The van der Waals surface area contributed by atoms with Gasteiger partial charge in [0.15, 0.2) is 23.1 Å². The lowest BCUT2D eigenvalue weighted by Gasteiger charge is -2.17. The summed E-state index contributed by atoms with van der Waals surface area (Å²) in [5, 5.41) is 3.00. The lowest BCUT2D eigenvalue weighted by molar-refractivity contribution is -0.121. The third-order valence-electron chi connectivity index (χ3n) is 4.54. The van der Waals surface area contributed by atoms with Gasteiger partial charge in [-0.2, -0.15) is 0 Å². The van der Waals surface area contributed by atoms with Gasteiger partial charge in [-0.3, -0.25) is 4.79 Å². The smallest absolute Gasteiger partial charge is 0.220 e. The van der Waals surface area contributed by atoms with Crippen LogP contribution in [-0.4, -0.2) is 24.6 Å². The van der Waals surface area contributed by atoms with Crippen LogP contribution < -0.4 is 14.8 Å². The van der Waals surface area contributed by atoms with Gasteiger partial charge in [-0.1, -0.05) is 36.4 Å². The highest BCUT2D eigenvalue weighted by atomic mass is 16.5. The normalized spacial score (nSPS) is 11.7. The Bertz CT molecular complexity index is 937. The van der Waals surface area contributed by atoms with Crippen LogP contribution in [0.25, 0.3) is 11.3 Å². The van der Waals surface area contributed by atoms with Crippen molar-refractivity contribution in [3.63, 3.8) is 0 Å². The molecule has 0 unspecified atom stereocenters. The van der Waals surface area contributed by atoms with E-state index in [0.29, 0.717) is 42.6 Å². The second kappa shape index (κ2) is 9.78. The number of aryl methyl sites for hydroxylation is 1. The molecule has 0 saturated heterocycles. The number of nitrogens with one attached hydrogen (secondary N) is 1. The van der Waals surface area contributed by atoms with Crippen molar-refractivity contribution in [1.29, 1.82) is 0 Å². The minimum atomic E-state index is -0.156. The Morgan fingerprint density at radius 3 is 2.69 bits per heavy atom. The molecule has 3 rings (SSSR count). The van der Waals surface area contributed by atoms with Crippen LogP contribution >= 0.6 is 0 Å². The van der Waals surface area contributed by atoms with Crippen LogP contribution in [0.1, 0.15) is 37.8 Å². The van der Waals surface area contributed by atoms with Gasteiger partial charge in [0, 0.05) is 18.4 Å². The summed E-state index contributed by atoms with van der Waals surface area (Å²) in [5.74, 6) is 2.53. The Kier molecular flexibility index (Phi) is 6.89. The predicted octanol–water partition coefficient (Wildman–Crippen LogP) is 4.56. The highest BCUT2D eigenvalue weighted by Crippen LogP contribution is 2.30. The number of carbonyl (C=O) groups excluding carboxylic acids is 1. The summed E-state index contributed by atoms with van der Waals surface area (Å²) in [5.41, 5.74) is 1.91. The molecular formula is C23H26N2O4. The van der Waals surface area contributed by atoms with E-state index in [9.17, 15) is 4.79 Å². The molecule has 0 spiro atoms. The van der Waals surface area contributed by atoms with Crippen LogP contribution in [0.5, 0.6) is 11.5 Å². The van der Waals surface area contributed by atoms with E-state index >= 15 is 0 Å². The topological polar surface area (TPSA) is 73.6 Å². The first-order valence-corrected chi connectivity index (χ1v) is 9.71. The van der Waals surface area contributed by atoms with E-state index in [-0.39, 0.29) is 11.9 Å². The number of methoxy groups -OCH3 is 1. The van der Waals surface area contributed by atoms with Gasteiger partial charge in [0.2, 0.25) is 5.91 Å². The standard InChI is InChI=1S/C23H26N2O4/c1-4-28-19-11-10-18(14-20(19)27-3)16(2)25-22(26)12-13-23-24-15-21(29-23)17-8-6-5-7-9-17/h5-11,14-16H,4,12-13H2,1-3H3,(H,25,26)/t16-/m1/s1. The Morgan fingerprint density at radius 1 is 1.17 bits per heavy atom. The van der Waals surface area contributed by atoms with Gasteiger partial charge in [-0.05, 0) is 31.5 Å². The van der Waals surface area contributed by atoms with Crippen LogP contribution in [0.15, 0.2) is 59.1 Å². The van der Waals surface area contributed by atoms with Gasteiger partial charge >= 0.3 is 0 Å². The van der Waals surface area contributed by atoms with E-state index in [2.05, 4.69) is 10.3 Å². The lowest BCUT2D eigenvalue weighted by Crippen LogP contribution is -2.26. The number of nitrogens with zero attached hydrogens (tertiary/aromatic N) is 1. The van der Waals surface area contributed by atoms with Crippen molar-refractivity contribution >= 4 is 5.91 Å². The van der Waals surface area contributed by atoms with E-state index in [0.717, 1.165) is 11.1 Å². The molecule has 0 aliphatic rings. The van der Waals surface area contributed by atoms with Crippen LogP contribution in [0.2, 0.25) is 0 Å². The Balaban J connectivity index is 1.55. The molecule has 1 aromatic heterocycles. The highest BCUT2D eigenvalue weighted by Gasteiger charge is 2.14. The summed E-state index contributed by atoms with van der Waals surface area (Å²) < 4.78 is 16.7. The summed E-state index contributed by atoms with van der Waals surface area (Å²) in [6, 6.07) is 15.3. The lowest BCUT2D eigenvalue weighted by atomic mass is 10.1. The number of benzene rings is 2. The van der Waals surface area contributed by atoms with E-state index in [4.69, 9.17) is 13.9 Å². The largest absolute Gasteiger partial charge is 0.493 e. The summed E-state index contributed by atoms with van der Waals surface area (Å²) in [7, 11) is 1.60. The van der Waals surface area contributed by atoms with Gasteiger partial charge in [0.1, 0.15) is 0 Å². The number of amides is 1. The fraction of sp³-hybridized carbons (Fsp3) is 0.304. The fourth-order valence-corrected chi connectivity index (χ4v) is 3.01. The van der Waals surface area contributed by atoms with Gasteiger partial charge < -0.3 is 19.2 Å². The molecule has 1 heterocycles. The van der Waals surface area contributed by atoms with Crippen LogP contribution in [0, 0.1) is 0 Å². The maximum Gasteiger partial charge on any atom is 0.220 e. The summed E-state index contributed by atoms with van der Waals surface area (Å²) in [6.07, 6.45) is 2.43. The van der Waals surface area contributed by atoms with E-state index in [1.54, 1.807) is 13.3 Å². The summed E-state index contributed by atoms with van der Waals surface area (Å²) >= 11 is 0. The number of oxazole rings is 1. The second-order valence-corrected chi connectivity index (χ2v) is 6.62. The van der Waals surface area contributed by atoms with Crippen LogP contribution in [-0.2, 0) is 11.2 Å². The number of carbonyl (C=O) groups is 1. The molecule has 6 nitrogen and oxygen atoms in total. The van der Waals surface area contributed by atoms with Gasteiger partial charge in [-0.15, -0.1) is 0 Å². The molecule has 1 amide bonds. The van der Waals surface area contributed by atoms with Gasteiger partial charge in [-0.25, -0.2) is 4.98 Å². The average Bonchev–Trinajstić information content (AvgIpc) is 3.22. The third-order valence-corrected chi connectivity index (χ3v) is 4.54. The SMILES string of the molecule is CCOc1ccc([C@@H](C)NC(=O)CCc2ncc(-c3ccccc3)o2)cc1OC. The third kappa shape index (κ3) is 5.38. The first-order chi connectivity index (χ1) is 14.1. The molecule has 6 heteroatoms. The van der Waals surface area contributed by atoms with Crippen LogP contribution in [0.3, 0.4) is 0 Å². The minimum Gasteiger partial charge on any atom is -0.493 e. The zero-order valence-electron chi connectivity index (χ0n) is 17.0. The monoisotopic (exact) mass is 394 g/mol. The van der Waals surface area contributed by atoms with Crippen molar-refractivity contribution < 1.29 is 18.7 Å². The van der Waals surface area contributed by atoms with Crippen molar-refractivity contribution in [3.8, 4) is 22.8 Å². The van der Waals surface area contributed by atoms with Crippen LogP contribution in [0.4, 0.5) is 0 Å². The molecule has 0 aliphatic heterocycles. The molecule has 3 aromatic rings. The predicted molar refractivity (Wildman–Crippen MR) is 111 cm³/mol. The molecule has 152 valence electrons. The first-order valence-electron chi connectivity index (χ1n) is 9.71. The molecule has 1 N–H and O–H groups in total. The molecule has 0 aliphatic carbocycles. The van der Waals surface area contributed by atoms with Crippen molar-refractivity contribution in [2.24, 2.45) is 0 Å². The zero-order chi connectivity index (χ0) is 20.6. The number of aromatic nitrogens is 1. The Morgan fingerprint density at radius 2 is 1.97 bits per heavy atom. The number of rotatable bonds is 9. The molecule has 29 heavy (non-hydrogen) atoms. The number of hydrogen-bond acceptors (Lipinski definition) is 5. The van der Waals surface area contributed by atoms with E-state index < -0.39 is 0 Å². The first kappa shape index (κ1) is 20.5. The van der Waals surface area contributed by atoms with Gasteiger partial charge in [0.05, 0.1) is 26.0 Å². The number of ether oxygens (including phenoxy) is 2. The molecular weight excluding hydrogens is 368 g/mol. The molecule has 0 fully saturated rings. The zero-order valence-corrected chi connectivity index (χ0v) is 17.0. The molecule has 1 atom stereocenters. The molecule has 0 bridgehead atoms. The fourth-order valence-electron chi connectivity index (χ4n) is 3.01. The Labute approximate surface area is 170 Å². The van der Waals surface area contributed by atoms with Crippen molar-refractivity contribution in [3.05, 3.63) is 66.2 Å².